The minimum Gasteiger partial charge on any atom is -0.383 e. The minimum absolute atomic E-state index is 0.739. The van der Waals surface area contributed by atoms with Gasteiger partial charge in [-0.2, -0.15) is 5.10 Å². The van der Waals surface area contributed by atoms with Crippen LogP contribution in [0.1, 0.15) is 24.2 Å². The number of nitrogens with zero attached hydrogens (tertiary/aromatic N) is 4. The monoisotopic (exact) mass is 279 g/mol. The Morgan fingerprint density at radius 3 is 2.60 bits per heavy atom. The lowest BCUT2D eigenvalue weighted by molar-refractivity contribution is 0.196. The highest BCUT2D eigenvalue weighted by Gasteiger charge is 2.21. The average Bonchev–Trinajstić information content (AvgIpc) is 2.47. The zero-order valence-electron chi connectivity index (χ0n) is 12.7. The third-order valence-corrected chi connectivity index (χ3v) is 3.89. The van der Waals surface area contributed by atoms with Crippen LogP contribution in [0.15, 0.2) is 0 Å². The van der Waals surface area contributed by atoms with Gasteiger partial charge in [0.1, 0.15) is 0 Å². The molecular formula is C14H25N5O. The number of rotatable bonds is 6. The molecule has 6 heteroatoms. The summed E-state index contributed by atoms with van der Waals surface area (Å²) >= 11 is 0. The second kappa shape index (κ2) is 7.50. The molecule has 0 saturated carbocycles. The van der Waals surface area contributed by atoms with Crippen LogP contribution in [0.5, 0.6) is 0 Å². The number of aromatic nitrogens is 3. The Bertz CT molecular complexity index is 418. The van der Waals surface area contributed by atoms with Gasteiger partial charge in [-0.05, 0) is 39.2 Å². The first-order chi connectivity index (χ1) is 9.70. The predicted molar refractivity (Wildman–Crippen MR) is 79.0 cm³/mol. The molecule has 1 N–H and O–H groups in total. The van der Waals surface area contributed by atoms with Gasteiger partial charge in [0.15, 0.2) is 0 Å². The molecule has 1 aromatic heterocycles. The van der Waals surface area contributed by atoms with Gasteiger partial charge in [0, 0.05) is 26.7 Å². The maximum atomic E-state index is 5.03. The van der Waals surface area contributed by atoms with Crippen molar-refractivity contribution in [1.82, 2.24) is 20.5 Å². The molecule has 2 rings (SSSR count). The standard InChI is InChI=1S/C14H25N5O/c1-11-12(2)17-18-14(16-11)19-7-4-13(5-8-19)10-15-6-9-20-3/h13,15H,4-10H2,1-3H3. The largest absolute Gasteiger partial charge is 0.383 e. The number of methoxy groups -OCH3 is 1. The van der Waals surface area contributed by atoms with Gasteiger partial charge in [0.05, 0.1) is 18.0 Å². The number of aryl methyl sites for hydroxylation is 2. The van der Waals surface area contributed by atoms with Crippen LogP contribution in [-0.4, -0.2) is 55.1 Å². The lowest BCUT2D eigenvalue weighted by Gasteiger charge is -2.32. The SMILES string of the molecule is COCCNCC1CCN(c2nnc(C)c(C)n2)CC1. The van der Waals surface area contributed by atoms with Gasteiger partial charge in [-0.3, -0.25) is 0 Å². The summed E-state index contributed by atoms with van der Waals surface area (Å²) in [5.74, 6) is 1.52. The molecule has 20 heavy (non-hydrogen) atoms. The highest BCUT2D eigenvalue weighted by atomic mass is 16.5. The molecular weight excluding hydrogens is 254 g/mol. The van der Waals surface area contributed by atoms with E-state index in [4.69, 9.17) is 4.74 Å². The Morgan fingerprint density at radius 2 is 1.95 bits per heavy atom. The normalized spacial score (nSPS) is 16.6. The van der Waals surface area contributed by atoms with Crippen molar-refractivity contribution < 1.29 is 4.74 Å². The van der Waals surface area contributed by atoms with Crippen LogP contribution in [0.4, 0.5) is 5.95 Å². The lowest BCUT2D eigenvalue weighted by Crippen LogP contribution is -2.38. The average molecular weight is 279 g/mol. The maximum absolute atomic E-state index is 5.03. The molecule has 0 amide bonds. The van der Waals surface area contributed by atoms with E-state index in [9.17, 15) is 0 Å². The second-order valence-electron chi connectivity index (χ2n) is 5.41. The number of hydrogen-bond donors (Lipinski definition) is 1. The molecule has 0 aromatic carbocycles. The summed E-state index contributed by atoms with van der Waals surface area (Å²) in [7, 11) is 1.73. The zero-order valence-corrected chi connectivity index (χ0v) is 12.7. The number of ether oxygens (including phenoxy) is 1. The molecule has 0 spiro atoms. The summed E-state index contributed by atoms with van der Waals surface area (Å²) in [4.78, 5) is 6.77. The summed E-state index contributed by atoms with van der Waals surface area (Å²) in [5, 5.41) is 11.8. The topological polar surface area (TPSA) is 63.2 Å². The number of piperidine rings is 1. The molecule has 0 radical (unpaired) electrons. The molecule has 112 valence electrons. The molecule has 0 aliphatic carbocycles. The van der Waals surface area contributed by atoms with E-state index in [1.54, 1.807) is 7.11 Å². The van der Waals surface area contributed by atoms with Crippen LogP contribution in [0.25, 0.3) is 0 Å². The molecule has 0 unspecified atom stereocenters. The quantitative estimate of drug-likeness (QED) is 0.782. The van der Waals surface area contributed by atoms with Crippen LogP contribution >= 0.6 is 0 Å². The molecule has 2 heterocycles. The highest BCUT2D eigenvalue weighted by molar-refractivity contribution is 5.30. The fourth-order valence-corrected chi connectivity index (χ4v) is 2.40. The van der Waals surface area contributed by atoms with E-state index >= 15 is 0 Å². The second-order valence-corrected chi connectivity index (χ2v) is 5.41. The van der Waals surface area contributed by atoms with Crippen LogP contribution in [-0.2, 0) is 4.74 Å². The van der Waals surface area contributed by atoms with Crippen LogP contribution in [0.2, 0.25) is 0 Å². The Balaban J connectivity index is 1.77. The highest BCUT2D eigenvalue weighted by Crippen LogP contribution is 2.20. The Kier molecular flexibility index (Phi) is 5.67. The van der Waals surface area contributed by atoms with E-state index in [0.717, 1.165) is 56.0 Å². The van der Waals surface area contributed by atoms with Gasteiger partial charge in [-0.1, -0.05) is 0 Å². The van der Waals surface area contributed by atoms with Crippen molar-refractivity contribution >= 4 is 5.95 Å². The number of nitrogens with one attached hydrogen (secondary N) is 1. The summed E-state index contributed by atoms with van der Waals surface area (Å²) in [6, 6.07) is 0. The number of hydrogen-bond acceptors (Lipinski definition) is 6. The van der Waals surface area contributed by atoms with E-state index in [1.807, 2.05) is 13.8 Å². The molecule has 1 aliphatic heterocycles. The van der Waals surface area contributed by atoms with Crippen molar-refractivity contribution in [2.45, 2.75) is 26.7 Å². The minimum atomic E-state index is 0.739. The smallest absolute Gasteiger partial charge is 0.245 e. The van der Waals surface area contributed by atoms with Gasteiger partial charge in [0.25, 0.3) is 0 Å². The van der Waals surface area contributed by atoms with Crippen LogP contribution in [0.3, 0.4) is 0 Å². The Hall–Kier alpha value is -1.27. The molecule has 0 atom stereocenters. The van der Waals surface area contributed by atoms with E-state index in [1.165, 1.54) is 12.8 Å². The molecule has 1 saturated heterocycles. The Morgan fingerprint density at radius 1 is 1.20 bits per heavy atom. The predicted octanol–water partition coefficient (Wildman–Crippen LogP) is 0.941. The van der Waals surface area contributed by atoms with Crippen molar-refractivity contribution in [1.29, 1.82) is 0 Å². The van der Waals surface area contributed by atoms with E-state index in [-0.39, 0.29) is 0 Å². The molecule has 1 fully saturated rings. The van der Waals surface area contributed by atoms with E-state index in [2.05, 4.69) is 25.4 Å². The molecule has 0 bridgehead atoms. The number of anilines is 1. The van der Waals surface area contributed by atoms with Crippen molar-refractivity contribution in [3.8, 4) is 0 Å². The van der Waals surface area contributed by atoms with Gasteiger partial charge in [-0.25, -0.2) is 4.98 Å². The summed E-state index contributed by atoms with van der Waals surface area (Å²) < 4.78 is 5.03. The summed E-state index contributed by atoms with van der Waals surface area (Å²) in [5.41, 5.74) is 1.88. The lowest BCUT2D eigenvalue weighted by atomic mass is 9.97. The van der Waals surface area contributed by atoms with Crippen LogP contribution in [0, 0.1) is 19.8 Å². The fourth-order valence-electron chi connectivity index (χ4n) is 2.40. The van der Waals surface area contributed by atoms with E-state index < -0.39 is 0 Å². The summed E-state index contributed by atoms with van der Waals surface area (Å²) in [6.45, 7) is 8.74. The first-order valence-corrected chi connectivity index (χ1v) is 7.33. The summed E-state index contributed by atoms with van der Waals surface area (Å²) in [6.07, 6.45) is 2.35. The van der Waals surface area contributed by atoms with Crippen molar-refractivity contribution in [2.24, 2.45) is 5.92 Å². The zero-order chi connectivity index (χ0) is 14.4. The fraction of sp³-hybridized carbons (Fsp3) is 0.786. The molecule has 1 aliphatic rings. The first-order valence-electron chi connectivity index (χ1n) is 7.33. The first kappa shape index (κ1) is 15.1. The van der Waals surface area contributed by atoms with Gasteiger partial charge in [-0.15, -0.1) is 5.10 Å². The third-order valence-electron chi connectivity index (χ3n) is 3.89. The van der Waals surface area contributed by atoms with Crippen molar-refractivity contribution in [2.75, 3.05) is 44.8 Å². The van der Waals surface area contributed by atoms with Crippen molar-refractivity contribution in [3.05, 3.63) is 11.4 Å². The van der Waals surface area contributed by atoms with Crippen molar-refractivity contribution in [3.63, 3.8) is 0 Å². The molecule has 1 aromatic rings. The third kappa shape index (κ3) is 4.11. The molecule has 6 nitrogen and oxygen atoms in total. The van der Waals surface area contributed by atoms with E-state index in [0.29, 0.717) is 0 Å². The van der Waals surface area contributed by atoms with Gasteiger partial charge < -0.3 is 15.0 Å². The van der Waals surface area contributed by atoms with Gasteiger partial charge in [0.2, 0.25) is 5.95 Å². The maximum Gasteiger partial charge on any atom is 0.245 e. The van der Waals surface area contributed by atoms with Gasteiger partial charge >= 0.3 is 0 Å². The van der Waals surface area contributed by atoms with Crippen LogP contribution < -0.4 is 10.2 Å². The Labute approximate surface area is 120 Å².